The molecule has 0 spiro atoms. The standard InChI is InChI=1S/C23H29FN2O3/c1-13-11-17-18(12-14(13)2)29-22-19(21(17)27)20(15-5-7-16(24)8-6-15)26(23(22)28)10-9-25(3)4/h5-8,13-14,17-18,20H,9-12H2,1-4H3. The van der Waals surface area contributed by atoms with Gasteiger partial charge in [0, 0.05) is 13.1 Å². The largest absolute Gasteiger partial charge is 0.483 e. The van der Waals surface area contributed by atoms with E-state index in [4.69, 9.17) is 4.74 Å². The van der Waals surface area contributed by atoms with Crippen LogP contribution in [-0.4, -0.2) is 54.8 Å². The van der Waals surface area contributed by atoms with Gasteiger partial charge < -0.3 is 14.5 Å². The van der Waals surface area contributed by atoms with Crippen molar-refractivity contribution in [2.75, 3.05) is 27.2 Å². The quantitative estimate of drug-likeness (QED) is 0.779. The summed E-state index contributed by atoms with van der Waals surface area (Å²) in [5.41, 5.74) is 1.21. The van der Waals surface area contributed by atoms with Gasteiger partial charge in [0.15, 0.2) is 11.5 Å². The van der Waals surface area contributed by atoms with Crippen molar-refractivity contribution in [2.45, 2.75) is 38.8 Å². The molecule has 1 amide bonds. The minimum atomic E-state index is -0.513. The summed E-state index contributed by atoms with van der Waals surface area (Å²) in [6, 6.07) is 5.57. The second-order valence-corrected chi connectivity index (χ2v) is 9.05. The summed E-state index contributed by atoms with van der Waals surface area (Å²) >= 11 is 0. The van der Waals surface area contributed by atoms with Gasteiger partial charge in [0.05, 0.1) is 17.5 Å². The maximum atomic E-state index is 13.6. The third-order valence-corrected chi connectivity index (χ3v) is 6.78. The van der Waals surface area contributed by atoms with E-state index >= 15 is 0 Å². The molecule has 156 valence electrons. The smallest absolute Gasteiger partial charge is 0.290 e. The molecule has 0 saturated heterocycles. The van der Waals surface area contributed by atoms with E-state index in [1.54, 1.807) is 17.0 Å². The number of likely N-dealkylation sites (N-methyl/N-ethyl adjacent to an activating group) is 1. The van der Waals surface area contributed by atoms with E-state index in [1.807, 2.05) is 19.0 Å². The van der Waals surface area contributed by atoms with Gasteiger partial charge in [-0.25, -0.2) is 4.39 Å². The summed E-state index contributed by atoms with van der Waals surface area (Å²) in [7, 11) is 3.89. The van der Waals surface area contributed by atoms with Crippen LogP contribution in [0.1, 0.15) is 38.3 Å². The molecule has 1 aromatic carbocycles. The Morgan fingerprint density at radius 3 is 2.41 bits per heavy atom. The molecule has 0 bridgehead atoms. The Kier molecular flexibility index (Phi) is 5.23. The van der Waals surface area contributed by atoms with E-state index in [9.17, 15) is 14.0 Å². The molecule has 3 aliphatic rings. The molecule has 5 atom stereocenters. The average molecular weight is 400 g/mol. The average Bonchev–Trinajstić information content (AvgIpc) is 2.95. The molecular formula is C23H29FN2O3. The number of carbonyl (C=O) groups is 2. The number of carbonyl (C=O) groups excluding carboxylic acids is 2. The molecule has 1 fully saturated rings. The first-order valence-corrected chi connectivity index (χ1v) is 10.4. The van der Waals surface area contributed by atoms with Gasteiger partial charge in [-0.05, 0) is 56.5 Å². The third-order valence-electron chi connectivity index (χ3n) is 6.78. The first kappa shape index (κ1) is 20.1. The zero-order valence-electron chi connectivity index (χ0n) is 17.5. The van der Waals surface area contributed by atoms with E-state index in [2.05, 4.69) is 13.8 Å². The normalized spacial score (nSPS) is 31.8. The number of hydrogen-bond acceptors (Lipinski definition) is 4. The summed E-state index contributed by atoms with van der Waals surface area (Å²) in [5, 5.41) is 0. The van der Waals surface area contributed by atoms with Crippen molar-refractivity contribution in [1.82, 2.24) is 9.80 Å². The molecule has 2 heterocycles. The summed E-state index contributed by atoms with van der Waals surface area (Å²) in [6.07, 6.45) is 1.35. The van der Waals surface area contributed by atoms with Crippen LogP contribution in [0.5, 0.6) is 0 Å². The van der Waals surface area contributed by atoms with Gasteiger partial charge in [-0.3, -0.25) is 9.59 Å². The summed E-state index contributed by atoms with van der Waals surface area (Å²) in [5.74, 6) is 0.376. The van der Waals surface area contributed by atoms with Crippen molar-refractivity contribution in [2.24, 2.45) is 17.8 Å². The molecule has 29 heavy (non-hydrogen) atoms. The van der Waals surface area contributed by atoms with Crippen molar-refractivity contribution < 1.29 is 18.7 Å². The number of nitrogens with zero attached hydrogens (tertiary/aromatic N) is 2. The van der Waals surface area contributed by atoms with Crippen molar-refractivity contribution in [3.8, 4) is 0 Å². The fraction of sp³-hybridized carbons (Fsp3) is 0.565. The van der Waals surface area contributed by atoms with Gasteiger partial charge in [-0.15, -0.1) is 0 Å². The fourth-order valence-electron chi connectivity index (χ4n) is 4.84. The number of rotatable bonds is 4. The van der Waals surface area contributed by atoms with Gasteiger partial charge in [0.25, 0.3) is 5.91 Å². The van der Waals surface area contributed by atoms with Crippen LogP contribution in [-0.2, 0) is 14.3 Å². The second kappa shape index (κ2) is 7.56. The highest BCUT2D eigenvalue weighted by atomic mass is 19.1. The van der Waals surface area contributed by atoms with E-state index in [0.29, 0.717) is 30.5 Å². The highest BCUT2D eigenvalue weighted by Gasteiger charge is 2.53. The van der Waals surface area contributed by atoms with Gasteiger partial charge in [0.2, 0.25) is 0 Å². The Morgan fingerprint density at radius 2 is 1.76 bits per heavy atom. The molecule has 1 aliphatic carbocycles. The van der Waals surface area contributed by atoms with E-state index in [-0.39, 0.29) is 35.3 Å². The zero-order valence-corrected chi connectivity index (χ0v) is 17.5. The number of amides is 1. The summed E-state index contributed by atoms with van der Waals surface area (Å²) < 4.78 is 19.7. The zero-order chi connectivity index (χ0) is 20.9. The monoisotopic (exact) mass is 400 g/mol. The van der Waals surface area contributed by atoms with Crippen LogP contribution in [0, 0.1) is 23.6 Å². The minimum absolute atomic E-state index is 0.0324. The predicted molar refractivity (Wildman–Crippen MR) is 107 cm³/mol. The first-order chi connectivity index (χ1) is 13.8. The number of halogens is 1. The predicted octanol–water partition coefficient (Wildman–Crippen LogP) is 3.17. The van der Waals surface area contributed by atoms with Crippen LogP contribution < -0.4 is 0 Å². The first-order valence-electron chi connectivity index (χ1n) is 10.4. The molecule has 2 aliphatic heterocycles. The fourth-order valence-corrected chi connectivity index (χ4v) is 4.84. The Balaban J connectivity index is 1.74. The molecule has 1 aromatic rings. The molecule has 5 unspecified atom stereocenters. The van der Waals surface area contributed by atoms with Gasteiger partial charge >= 0.3 is 0 Å². The highest BCUT2D eigenvalue weighted by molar-refractivity contribution is 6.11. The Bertz CT molecular complexity index is 848. The van der Waals surface area contributed by atoms with Crippen LogP contribution in [0.15, 0.2) is 35.6 Å². The molecule has 5 nitrogen and oxygen atoms in total. The number of ether oxygens (including phenoxy) is 1. The lowest BCUT2D eigenvalue weighted by Crippen LogP contribution is -2.43. The molecule has 6 heteroatoms. The van der Waals surface area contributed by atoms with Crippen molar-refractivity contribution in [3.05, 3.63) is 47.0 Å². The summed E-state index contributed by atoms with van der Waals surface area (Å²) in [4.78, 5) is 30.5. The van der Waals surface area contributed by atoms with Crippen LogP contribution in [0.3, 0.4) is 0 Å². The number of Topliss-reactive ketones (excluding diaryl/α,β-unsaturated/α-hetero) is 1. The highest BCUT2D eigenvalue weighted by Crippen LogP contribution is 2.48. The van der Waals surface area contributed by atoms with Crippen LogP contribution in [0.4, 0.5) is 4.39 Å². The van der Waals surface area contributed by atoms with E-state index in [1.165, 1.54) is 12.1 Å². The molecule has 0 aromatic heterocycles. The number of ketones is 1. The molecular weight excluding hydrogens is 371 g/mol. The lowest BCUT2D eigenvalue weighted by atomic mass is 9.70. The number of hydrogen-bond donors (Lipinski definition) is 0. The van der Waals surface area contributed by atoms with Crippen LogP contribution in [0.2, 0.25) is 0 Å². The maximum absolute atomic E-state index is 13.6. The van der Waals surface area contributed by atoms with Gasteiger partial charge in [-0.2, -0.15) is 0 Å². The van der Waals surface area contributed by atoms with Gasteiger partial charge in [0.1, 0.15) is 11.9 Å². The van der Waals surface area contributed by atoms with Gasteiger partial charge in [-0.1, -0.05) is 26.0 Å². The maximum Gasteiger partial charge on any atom is 0.290 e. The molecule has 4 rings (SSSR count). The lowest BCUT2D eigenvalue weighted by molar-refractivity contribution is -0.137. The Labute approximate surface area is 171 Å². The van der Waals surface area contributed by atoms with Crippen molar-refractivity contribution in [3.63, 3.8) is 0 Å². The van der Waals surface area contributed by atoms with E-state index in [0.717, 1.165) is 18.4 Å². The SMILES string of the molecule is CC1CC2OC3=C(C(=O)C2CC1C)C(c1ccc(F)cc1)N(CCN(C)C)C3=O. The summed E-state index contributed by atoms with van der Waals surface area (Å²) in [6.45, 7) is 5.50. The molecule has 0 radical (unpaired) electrons. The Hall–Kier alpha value is -2.21. The van der Waals surface area contributed by atoms with Crippen molar-refractivity contribution >= 4 is 11.7 Å². The van der Waals surface area contributed by atoms with E-state index < -0.39 is 6.04 Å². The van der Waals surface area contributed by atoms with Crippen molar-refractivity contribution in [1.29, 1.82) is 0 Å². The Morgan fingerprint density at radius 1 is 1.10 bits per heavy atom. The third kappa shape index (κ3) is 3.48. The minimum Gasteiger partial charge on any atom is -0.483 e. The number of fused-ring (bicyclic) bond motifs is 1. The topological polar surface area (TPSA) is 49.9 Å². The lowest BCUT2D eigenvalue weighted by Gasteiger charge is -2.40. The molecule has 1 saturated carbocycles. The van der Waals surface area contributed by atoms with Crippen LogP contribution >= 0.6 is 0 Å². The second-order valence-electron chi connectivity index (χ2n) is 9.05. The van der Waals surface area contributed by atoms with Crippen LogP contribution in [0.25, 0.3) is 0 Å². The number of benzene rings is 1. The molecule has 0 N–H and O–H groups in total.